The van der Waals surface area contributed by atoms with E-state index in [4.69, 9.17) is 0 Å². The van der Waals surface area contributed by atoms with Crippen LogP contribution in [0, 0.1) is 5.41 Å². The molecule has 124 valence electrons. The molecule has 1 atom stereocenters. The first-order chi connectivity index (χ1) is 10.0. The molecular weight excluding hydrogens is 258 g/mol. The minimum atomic E-state index is 0.519. The lowest BCUT2D eigenvalue weighted by molar-refractivity contribution is 0.0457. The van der Waals surface area contributed by atoms with Crippen LogP contribution < -0.4 is 5.32 Å². The molecule has 0 spiro atoms. The summed E-state index contributed by atoms with van der Waals surface area (Å²) in [6, 6.07) is 1.32. The quantitative estimate of drug-likeness (QED) is 0.787. The second-order valence-corrected chi connectivity index (χ2v) is 8.03. The fraction of sp³-hybridized carbons (Fsp3) is 1.00. The van der Waals surface area contributed by atoms with Crippen molar-refractivity contribution in [2.45, 2.75) is 71.4 Å². The van der Waals surface area contributed by atoms with Crippen molar-refractivity contribution in [1.29, 1.82) is 0 Å². The molecular formula is C18H37N3. The molecule has 0 aromatic carbocycles. The lowest BCUT2D eigenvalue weighted by Crippen LogP contribution is -2.55. The van der Waals surface area contributed by atoms with E-state index in [1.54, 1.807) is 0 Å². The van der Waals surface area contributed by atoms with Gasteiger partial charge in [-0.25, -0.2) is 0 Å². The summed E-state index contributed by atoms with van der Waals surface area (Å²) >= 11 is 0. The smallest absolute Gasteiger partial charge is 0.0195 e. The van der Waals surface area contributed by atoms with E-state index in [0.29, 0.717) is 17.5 Å². The molecule has 3 heteroatoms. The highest BCUT2D eigenvalue weighted by Gasteiger charge is 2.35. The van der Waals surface area contributed by atoms with Crippen LogP contribution in [-0.2, 0) is 0 Å². The Bertz CT molecular complexity index is 295. The highest BCUT2D eigenvalue weighted by molar-refractivity contribution is 4.90. The van der Waals surface area contributed by atoms with Gasteiger partial charge in [0.15, 0.2) is 0 Å². The Morgan fingerprint density at radius 2 is 1.76 bits per heavy atom. The first kappa shape index (κ1) is 17.2. The first-order valence-corrected chi connectivity index (χ1v) is 9.17. The minimum absolute atomic E-state index is 0.519. The monoisotopic (exact) mass is 295 g/mol. The maximum Gasteiger partial charge on any atom is 0.0195 e. The van der Waals surface area contributed by atoms with Crippen molar-refractivity contribution in [3.8, 4) is 0 Å². The van der Waals surface area contributed by atoms with Crippen LogP contribution >= 0.6 is 0 Å². The molecule has 0 radical (unpaired) electrons. The van der Waals surface area contributed by atoms with Crippen LogP contribution in [0.25, 0.3) is 0 Å². The molecule has 1 N–H and O–H groups in total. The van der Waals surface area contributed by atoms with E-state index in [1.807, 2.05) is 0 Å². The highest BCUT2D eigenvalue weighted by Crippen LogP contribution is 2.36. The van der Waals surface area contributed by atoms with Gasteiger partial charge in [0, 0.05) is 44.8 Å². The Morgan fingerprint density at radius 1 is 1.10 bits per heavy atom. The van der Waals surface area contributed by atoms with Crippen LogP contribution in [0.4, 0.5) is 0 Å². The van der Waals surface area contributed by atoms with Gasteiger partial charge in [0.25, 0.3) is 0 Å². The lowest BCUT2D eigenvalue weighted by atomic mass is 9.79. The van der Waals surface area contributed by atoms with Crippen LogP contribution in [0.15, 0.2) is 0 Å². The zero-order chi connectivity index (χ0) is 15.3. The van der Waals surface area contributed by atoms with Gasteiger partial charge in [-0.15, -0.1) is 0 Å². The number of likely N-dealkylation sites (N-methyl/N-ethyl adjacent to an activating group) is 1. The Kier molecular flexibility index (Phi) is 6.51. The third-order valence-electron chi connectivity index (χ3n) is 5.56. The predicted octanol–water partition coefficient (Wildman–Crippen LogP) is 2.96. The average molecular weight is 296 g/mol. The first-order valence-electron chi connectivity index (χ1n) is 9.17. The molecule has 1 unspecified atom stereocenters. The highest BCUT2D eigenvalue weighted by atomic mass is 15.3. The summed E-state index contributed by atoms with van der Waals surface area (Å²) in [6.07, 6.45) is 8.60. The molecule has 1 aliphatic carbocycles. The summed E-state index contributed by atoms with van der Waals surface area (Å²) in [5.41, 5.74) is 0.519. The third-order valence-corrected chi connectivity index (χ3v) is 5.56. The summed E-state index contributed by atoms with van der Waals surface area (Å²) < 4.78 is 0. The molecule has 2 rings (SSSR count). The Morgan fingerprint density at radius 3 is 2.33 bits per heavy atom. The molecule has 1 heterocycles. The molecule has 2 fully saturated rings. The summed E-state index contributed by atoms with van der Waals surface area (Å²) in [7, 11) is 2.26. The topological polar surface area (TPSA) is 18.5 Å². The normalized spacial score (nSPS) is 28.7. The Labute approximate surface area is 132 Å². The van der Waals surface area contributed by atoms with Crippen LogP contribution in [0.1, 0.15) is 59.3 Å². The molecule has 2 aliphatic rings. The van der Waals surface area contributed by atoms with Crippen LogP contribution in [-0.4, -0.2) is 61.7 Å². The Hall–Kier alpha value is -0.120. The SMILES string of the molecule is CC(C)NCC1(CN2CCN(C)CC2C)CCCCCC1. The molecule has 1 saturated heterocycles. The molecule has 0 amide bonds. The second kappa shape index (κ2) is 7.94. The van der Waals surface area contributed by atoms with Crippen molar-refractivity contribution in [1.82, 2.24) is 15.1 Å². The van der Waals surface area contributed by atoms with Crippen molar-refractivity contribution >= 4 is 0 Å². The number of piperazine rings is 1. The second-order valence-electron chi connectivity index (χ2n) is 8.03. The van der Waals surface area contributed by atoms with Gasteiger partial charge in [-0.1, -0.05) is 39.5 Å². The van der Waals surface area contributed by atoms with Crippen molar-refractivity contribution in [2.75, 3.05) is 39.8 Å². The van der Waals surface area contributed by atoms with Crippen LogP contribution in [0.5, 0.6) is 0 Å². The maximum absolute atomic E-state index is 3.76. The number of hydrogen-bond donors (Lipinski definition) is 1. The van der Waals surface area contributed by atoms with Crippen molar-refractivity contribution in [3.05, 3.63) is 0 Å². The van der Waals surface area contributed by atoms with Gasteiger partial charge in [0.1, 0.15) is 0 Å². The third kappa shape index (κ3) is 5.22. The van der Waals surface area contributed by atoms with Crippen LogP contribution in [0.3, 0.4) is 0 Å². The van der Waals surface area contributed by atoms with Gasteiger partial charge in [-0.2, -0.15) is 0 Å². The van der Waals surface area contributed by atoms with Crippen molar-refractivity contribution in [2.24, 2.45) is 5.41 Å². The fourth-order valence-corrected chi connectivity index (χ4v) is 4.13. The van der Waals surface area contributed by atoms with E-state index in [9.17, 15) is 0 Å². The van der Waals surface area contributed by atoms with Gasteiger partial charge in [-0.05, 0) is 32.2 Å². The Balaban J connectivity index is 2.00. The zero-order valence-electron chi connectivity index (χ0n) is 14.8. The zero-order valence-corrected chi connectivity index (χ0v) is 14.8. The van der Waals surface area contributed by atoms with E-state index < -0.39 is 0 Å². The molecule has 0 aromatic rings. The van der Waals surface area contributed by atoms with Crippen molar-refractivity contribution < 1.29 is 0 Å². The van der Waals surface area contributed by atoms with E-state index >= 15 is 0 Å². The van der Waals surface area contributed by atoms with E-state index in [2.05, 4.69) is 42.9 Å². The molecule has 21 heavy (non-hydrogen) atoms. The van der Waals surface area contributed by atoms with Gasteiger partial charge >= 0.3 is 0 Å². The summed E-state index contributed by atoms with van der Waals surface area (Å²) in [5.74, 6) is 0. The number of hydrogen-bond acceptors (Lipinski definition) is 3. The summed E-state index contributed by atoms with van der Waals surface area (Å²) in [4.78, 5) is 5.25. The maximum atomic E-state index is 3.76. The molecule has 3 nitrogen and oxygen atoms in total. The summed E-state index contributed by atoms with van der Waals surface area (Å²) in [6.45, 7) is 13.2. The molecule has 0 bridgehead atoms. The van der Waals surface area contributed by atoms with E-state index in [0.717, 1.165) is 0 Å². The fourth-order valence-electron chi connectivity index (χ4n) is 4.13. The number of nitrogens with zero attached hydrogens (tertiary/aromatic N) is 2. The van der Waals surface area contributed by atoms with Crippen LogP contribution in [0.2, 0.25) is 0 Å². The van der Waals surface area contributed by atoms with Crippen molar-refractivity contribution in [3.63, 3.8) is 0 Å². The molecule has 0 aromatic heterocycles. The largest absolute Gasteiger partial charge is 0.314 e. The summed E-state index contributed by atoms with van der Waals surface area (Å²) in [5, 5.41) is 3.76. The lowest BCUT2D eigenvalue weighted by Gasteiger charge is -2.45. The van der Waals surface area contributed by atoms with Gasteiger partial charge in [0.05, 0.1) is 0 Å². The van der Waals surface area contributed by atoms with E-state index in [-0.39, 0.29) is 0 Å². The standard InChI is InChI=1S/C18H37N3/c1-16(2)19-14-18(9-7-5-6-8-10-18)15-21-12-11-20(4)13-17(21)3/h16-17,19H,5-15H2,1-4H3. The number of nitrogens with one attached hydrogen (secondary N) is 1. The van der Waals surface area contributed by atoms with E-state index in [1.165, 1.54) is 71.2 Å². The molecule has 1 aliphatic heterocycles. The van der Waals surface area contributed by atoms with Gasteiger partial charge < -0.3 is 10.2 Å². The predicted molar refractivity (Wildman–Crippen MR) is 91.8 cm³/mol. The number of rotatable bonds is 5. The average Bonchev–Trinajstić information content (AvgIpc) is 2.66. The van der Waals surface area contributed by atoms with Gasteiger partial charge in [-0.3, -0.25) is 4.90 Å². The molecule has 1 saturated carbocycles. The van der Waals surface area contributed by atoms with Gasteiger partial charge in [0.2, 0.25) is 0 Å². The minimum Gasteiger partial charge on any atom is -0.314 e.